The third-order valence-corrected chi connectivity index (χ3v) is 1.24. The van der Waals surface area contributed by atoms with Gasteiger partial charge in [-0.2, -0.15) is 5.06 Å². The summed E-state index contributed by atoms with van der Waals surface area (Å²) in [6, 6.07) is 0. The number of rotatable bonds is 1. The molecule has 0 radical (unpaired) electrons. The Hall–Kier alpha value is -1.03. The second-order valence-corrected chi connectivity index (χ2v) is 2.03. The summed E-state index contributed by atoms with van der Waals surface area (Å²) < 4.78 is 4.71. The van der Waals surface area contributed by atoms with Crippen LogP contribution in [0.4, 0.5) is 4.79 Å². The van der Waals surface area contributed by atoms with Crippen molar-refractivity contribution in [2.24, 2.45) is 0 Å². The van der Waals surface area contributed by atoms with Gasteiger partial charge in [-0.3, -0.25) is 4.84 Å². The van der Waals surface area contributed by atoms with E-state index in [0.717, 1.165) is 0 Å². The highest BCUT2D eigenvalue weighted by atomic mass is 16.7. The molecule has 0 fully saturated rings. The summed E-state index contributed by atoms with van der Waals surface area (Å²) >= 11 is 0. The minimum Gasteiger partial charge on any atom is -0.448 e. The van der Waals surface area contributed by atoms with Crippen LogP contribution in [-0.4, -0.2) is 30.9 Å². The highest BCUT2D eigenvalue weighted by Gasteiger charge is 2.14. The van der Waals surface area contributed by atoms with E-state index in [1.165, 1.54) is 5.06 Å². The summed E-state index contributed by atoms with van der Waals surface area (Å²) in [5, 5.41) is 1.20. The molecule has 0 unspecified atom stereocenters. The molecule has 0 aromatic rings. The fourth-order valence-corrected chi connectivity index (χ4v) is 0.747. The van der Waals surface area contributed by atoms with Gasteiger partial charge in [0, 0.05) is 0 Å². The molecule has 0 spiro atoms. The number of nitrogens with zero attached hydrogens (tertiary/aromatic N) is 1. The third-order valence-electron chi connectivity index (χ3n) is 1.24. The van der Waals surface area contributed by atoms with Crippen LogP contribution in [-0.2, 0) is 9.57 Å². The second-order valence-electron chi connectivity index (χ2n) is 2.03. The first-order chi connectivity index (χ1) is 5.34. The number of amides is 1. The predicted octanol–water partition coefficient (Wildman–Crippen LogP) is 0.946. The molecule has 1 amide bonds. The molecule has 1 aliphatic rings. The Bertz CT molecular complexity index is 167. The van der Waals surface area contributed by atoms with Gasteiger partial charge in [0.2, 0.25) is 0 Å². The van der Waals surface area contributed by atoms with Crippen LogP contribution in [0.25, 0.3) is 0 Å². The summed E-state index contributed by atoms with van der Waals surface area (Å²) in [5.41, 5.74) is 0. The molecule has 0 N–H and O–H groups in total. The quantitative estimate of drug-likeness (QED) is 0.532. The van der Waals surface area contributed by atoms with Crippen molar-refractivity contribution < 1.29 is 14.4 Å². The molecule has 1 aliphatic heterocycles. The zero-order valence-electron chi connectivity index (χ0n) is 6.45. The lowest BCUT2D eigenvalue weighted by atomic mass is 10.5. The lowest BCUT2D eigenvalue weighted by molar-refractivity contribution is -0.123. The van der Waals surface area contributed by atoms with Crippen molar-refractivity contribution >= 4 is 6.09 Å². The van der Waals surface area contributed by atoms with Gasteiger partial charge in [-0.05, 0) is 6.92 Å². The van der Waals surface area contributed by atoms with Gasteiger partial charge in [0.25, 0.3) is 0 Å². The lowest BCUT2D eigenvalue weighted by Crippen LogP contribution is -2.34. The van der Waals surface area contributed by atoms with E-state index in [9.17, 15) is 4.79 Å². The molecule has 0 bridgehead atoms. The number of hydroxylamine groups is 2. The minimum atomic E-state index is -0.420. The monoisotopic (exact) mass is 157 g/mol. The molecule has 1 heterocycles. The molecule has 62 valence electrons. The van der Waals surface area contributed by atoms with E-state index in [4.69, 9.17) is 9.57 Å². The molecule has 4 nitrogen and oxygen atoms in total. The Kier molecular flexibility index (Phi) is 2.92. The van der Waals surface area contributed by atoms with Crippen LogP contribution in [0, 0.1) is 0 Å². The van der Waals surface area contributed by atoms with Gasteiger partial charge < -0.3 is 4.74 Å². The molecular formula is C7H11NO3. The third kappa shape index (κ3) is 2.23. The summed E-state index contributed by atoms with van der Waals surface area (Å²) in [6.45, 7) is 3.05. The molecule has 0 aliphatic carbocycles. The Balaban J connectivity index is 2.34. The first-order valence-electron chi connectivity index (χ1n) is 3.56. The fourth-order valence-electron chi connectivity index (χ4n) is 0.747. The standard InChI is InChI=1S/C7H11NO3/c1-2-10-7(9)8-5-3-4-6-11-8/h3-4H,2,5-6H2,1H3. The van der Waals surface area contributed by atoms with Gasteiger partial charge in [0.1, 0.15) is 0 Å². The van der Waals surface area contributed by atoms with Gasteiger partial charge >= 0.3 is 6.09 Å². The molecule has 1 rings (SSSR count). The second kappa shape index (κ2) is 3.98. The maximum atomic E-state index is 10.9. The first kappa shape index (κ1) is 8.07. The molecular weight excluding hydrogens is 146 g/mol. The van der Waals surface area contributed by atoms with Gasteiger partial charge in [-0.15, -0.1) is 0 Å². The van der Waals surface area contributed by atoms with E-state index in [1.54, 1.807) is 6.92 Å². The van der Waals surface area contributed by atoms with Crippen LogP contribution < -0.4 is 0 Å². The SMILES string of the molecule is CCOC(=O)N1CC=CCO1. The van der Waals surface area contributed by atoms with Crippen molar-refractivity contribution in [3.63, 3.8) is 0 Å². The summed E-state index contributed by atoms with van der Waals surface area (Å²) in [4.78, 5) is 15.9. The van der Waals surface area contributed by atoms with E-state index < -0.39 is 6.09 Å². The van der Waals surface area contributed by atoms with Crippen molar-refractivity contribution in [2.45, 2.75) is 6.92 Å². The maximum absolute atomic E-state index is 10.9. The average Bonchev–Trinajstić information content (AvgIpc) is 2.07. The van der Waals surface area contributed by atoms with Crippen molar-refractivity contribution in [3.05, 3.63) is 12.2 Å². The number of hydrogen-bond acceptors (Lipinski definition) is 3. The van der Waals surface area contributed by atoms with Crippen molar-refractivity contribution in [3.8, 4) is 0 Å². The molecule has 4 heteroatoms. The average molecular weight is 157 g/mol. The van der Waals surface area contributed by atoms with E-state index in [-0.39, 0.29) is 0 Å². The molecule has 0 aromatic carbocycles. The molecule has 0 saturated carbocycles. The van der Waals surface area contributed by atoms with E-state index in [0.29, 0.717) is 19.8 Å². The fraction of sp³-hybridized carbons (Fsp3) is 0.571. The van der Waals surface area contributed by atoms with Crippen LogP contribution in [0.15, 0.2) is 12.2 Å². The van der Waals surface area contributed by atoms with Crippen LogP contribution in [0.1, 0.15) is 6.92 Å². The summed E-state index contributed by atoms with van der Waals surface area (Å²) in [5.74, 6) is 0. The zero-order valence-corrected chi connectivity index (χ0v) is 6.45. The van der Waals surface area contributed by atoms with Crippen molar-refractivity contribution in [2.75, 3.05) is 19.8 Å². The Morgan fingerprint density at radius 1 is 1.73 bits per heavy atom. The largest absolute Gasteiger partial charge is 0.448 e. The lowest BCUT2D eigenvalue weighted by Gasteiger charge is -2.21. The van der Waals surface area contributed by atoms with Crippen LogP contribution in [0.5, 0.6) is 0 Å². The van der Waals surface area contributed by atoms with Gasteiger partial charge in [0.05, 0.1) is 19.8 Å². The van der Waals surface area contributed by atoms with Crippen LogP contribution >= 0.6 is 0 Å². The van der Waals surface area contributed by atoms with Gasteiger partial charge in [0.15, 0.2) is 0 Å². The minimum absolute atomic E-state index is 0.377. The van der Waals surface area contributed by atoms with Crippen molar-refractivity contribution in [1.82, 2.24) is 5.06 Å². The number of carbonyl (C=O) groups is 1. The number of carbonyl (C=O) groups excluding carboxylic acids is 1. The van der Waals surface area contributed by atoms with E-state index in [2.05, 4.69) is 0 Å². The van der Waals surface area contributed by atoms with E-state index >= 15 is 0 Å². The topological polar surface area (TPSA) is 38.8 Å². The molecule has 0 aromatic heterocycles. The highest BCUT2D eigenvalue weighted by molar-refractivity contribution is 5.66. The van der Waals surface area contributed by atoms with Gasteiger partial charge in [-0.25, -0.2) is 4.79 Å². The highest BCUT2D eigenvalue weighted by Crippen LogP contribution is 2.00. The van der Waals surface area contributed by atoms with E-state index in [1.807, 2.05) is 12.2 Å². The summed E-state index contributed by atoms with van der Waals surface area (Å²) in [7, 11) is 0. The predicted molar refractivity (Wildman–Crippen MR) is 38.8 cm³/mol. The smallest absolute Gasteiger partial charge is 0.434 e. The normalized spacial score (nSPS) is 16.6. The molecule has 0 atom stereocenters. The summed E-state index contributed by atoms with van der Waals surface area (Å²) in [6.07, 6.45) is 3.30. The van der Waals surface area contributed by atoms with Crippen LogP contribution in [0.2, 0.25) is 0 Å². The van der Waals surface area contributed by atoms with Crippen LogP contribution in [0.3, 0.4) is 0 Å². The Morgan fingerprint density at radius 2 is 2.55 bits per heavy atom. The van der Waals surface area contributed by atoms with Gasteiger partial charge in [-0.1, -0.05) is 12.2 Å². The Morgan fingerprint density at radius 3 is 3.09 bits per heavy atom. The maximum Gasteiger partial charge on any atom is 0.434 e. The zero-order chi connectivity index (χ0) is 8.10. The number of hydrogen-bond donors (Lipinski definition) is 0. The molecule has 11 heavy (non-hydrogen) atoms. The molecule has 0 saturated heterocycles. The first-order valence-corrected chi connectivity index (χ1v) is 3.56. The van der Waals surface area contributed by atoms with Crippen molar-refractivity contribution in [1.29, 1.82) is 0 Å². The number of ether oxygens (including phenoxy) is 1. The Labute approximate surface area is 65.3 Å².